The Morgan fingerprint density at radius 3 is 2.74 bits per heavy atom. The van der Waals surface area contributed by atoms with Crippen molar-refractivity contribution in [1.29, 1.82) is 0 Å². The van der Waals surface area contributed by atoms with Crippen molar-refractivity contribution in [2.45, 2.75) is 31.9 Å². The number of likely N-dealkylation sites (tertiary alicyclic amines) is 1. The second-order valence-electron chi connectivity index (χ2n) is 7.33. The number of nitrogens with zero attached hydrogens (tertiary/aromatic N) is 7. The number of benzene rings is 1. The monoisotopic (exact) mass is 419 g/mol. The van der Waals surface area contributed by atoms with Crippen LogP contribution in [0.15, 0.2) is 60.6 Å². The Bertz CT molecular complexity index is 1140. The number of hydrogen-bond acceptors (Lipinski definition) is 6. The first-order chi connectivity index (χ1) is 15.1. The number of rotatable bonds is 5. The smallest absolute Gasteiger partial charge is 0.258 e. The largest absolute Gasteiger partial charge is 0.470 e. The van der Waals surface area contributed by atoms with Crippen LogP contribution in [0.25, 0.3) is 11.9 Å². The zero-order valence-electron chi connectivity index (χ0n) is 17.6. The molecule has 1 amide bonds. The fourth-order valence-electron chi connectivity index (χ4n) is 3.79. The van der Waals surface area contributed by atoms with E-state index in [0.717, 1.165) is 12.8 Å². The molecule has 1 aliphatic rings. The van der Waals surface area contributed by atoms with Crippen LogP contribution in [-0.4, -0.2) is 61.1 Å². The molecule has 2 atom stereocenters. The van der Waals surface area contributed by atoms with E-state index in [1.54, 1.807) is 48.7 Å². The van der Waals surface area contributed by atoms with Crippen molar-refractivity contribution < 1.29 is 9.53 Å². The van der Waals surface area contributed by atoms with E-state index in [1.165, 1.54) is 4.80 Å². The van der Waals surface area contributed by atoms with Crippen LogP contribution in [0, 0.1) is 0 Å². The molecule has 1 aliphatic heterocycles. The molecular weight excluding hydrogens is 394 g/mol. The normalized spacial score (nSPS) is 19.3. The molecule has 1 aromatic carbocycles. The number of piperidine rings is 1. The van der Waals surface area contributed by atoms with Gasteiger partial charge in [0.1, 0.15) is 6.10 Å². The van der Waals surface area contributed by atoms with Crippen LogP contribution < -0.4 is 10.2 Å². The van der Waals surface area contributed by atoms with Crippen LogP contribution in [0.4, 0.5) is 0 Å². The van der Waals surface area contributed by atoms with E-state index in [4.69, 9.17) is 4.74 Å². The molecule has 9 heteroatoms. The van der Waals surface area contributed by atoms with Gasteiger partial charge in [-0.2, -0.15) is 15.0 Å². The second kappa shape index (κ2) is 8.95. The maximum Gasteiger partial charge on any atom is 0.258 e. The van der Waals surface area contributed by atoms with Crippen LogP contribution in [0.1, 0.15) is 30.1 Å². The van der Waals surface area contributed by atoms with Gasteiger partial charge in [-0.3, -0.25) is 9.79 Å². The molecule has 4 rings (SSSR count). The molecule has 9 nitrogen and oxygen atoms in total. The lowest BCUT2D eigenvalue weighted by atomic mass is 9.99. The van der Waals surface area contributed by atoms with E-state index in [9.17, 15) is 4.79 Å². The lowest BCUT2D eigenvalue weighted by Crippen LogP contribution is -2.49. The SMILES string of the molecule is C=Cn1ccnc(OC2CC[C@@H](C)N(C(=O)c3ccccc3-n3nccn3)C2)c1=NC. The van der Waals surface area contributed by atoms with Crippen LogP contribution in [0.2, 0.25) is 0 Å². The van der Waals surface area contributed by atoms with Gasteiger partial charge in [-0.05, 0) is 31.9 Å². The van der Waals surface area contributed by atoms with Gasteiger partial charge in [-0.15, -0.1) is 0 Å². The average Bonchev–Trinajstić information content (AvgIpc) is 3.34. The topological polar surface area (TPSA) is 90.4 Å². The Morgan fingerprint density at radius 1 is 1.23 bits per heavy atom. The maximum absolute atomic E-state index is 13.5. The van der Waals surface area contributed by atoms with Crippen LogP contribution >= 0.6 is 0 Å². The van der Waals surface area contributed by atoms with Gasteiger partial charge in [0.2, 0.25) is 0 Å². The summed E-state index contributed by atoms with van der Waals surface area (Å²) in [6.45, 7) is 6.30. The molecule has 0 N–H and O–H groups in total. The second-order valence-corrected chi connectivity index (χ2v) is 7.33. The first-order valence-electron chi connectivity index (χ1n) is 10.2. The highest BCUT2D eigenvalue weighted by Crippen LogP contribution is 2.24. The van der Waals surface area contributed by atoms with E-state index in [1.807, 2.05) is 23.1 Å². The van der Waals surface area contributed by atoms with Crippen molar-refractivity contribution in [1.82, 2.24) is 29.4 Å². The van der Waals surface area contributed by atoms with Gasteiger partial charge in [0.05, 0.1) is 30.2 Å². The Balaban J connectivity index is 1.59. The summed E-state index contributed by atoms with van der Waals surface area (Å²) in [5.41, 5.74) is 1.79. The predicted molar refractivity (Wildman–Crippen MR) is 116 cm³/mol. The Morgan fingerprint density at radius 2 is 2.00 bits per heavy atom. The molecule has 2 aromatic heterocycles. The van der Waals surface area contributed by atoms with E-state index < -0.39 is 0 Å². The maximum atomic E-state index is 13.5. The predicted octanol–water partition coefficient (Wildman–Crippen LogP) is 2.17. The van der Waals surface area contributed by atoms with Gasteiger partial charge in [-0.1, -0.05) is 18.7 Å². The highest BCUT2D eigenvalue weighted by Gasteiger charge is 2.32. The fourth-order valence-corrected chi connectivity index (χ4v) is 3.79. The highest BCUT2D eigenvalue weighted by atomic mass is 16.5. The summed E-state index contributed by atoms with van der Waals surface area (Å²) >= 11 is 0. The number of para-hydroxylation sites is 1. The summed E-state index contributed by atoms with van der Waals surface area (Å²) in [6.07, 6.45) is 9.70. The standard InChI is InChI=1S/C22H25N7O2/c1-4-27-14-13-24-21(20(27)23-3)31-17-10-9-16(2)28(15-17)22(30)18-7-5-6-8-19(18)29-25-11-12-26-29/h4-8,11-14,16-17H,1,9-10,15H2,2-3H3/t16-,17?/m1/s1. The zero-order valence-corrected chi connectivity index (χ0v) is 17.6. The lowest BCUT2D eigenvalue weighted by molar-refractivity contribution is 0.0367. The van der Waals surface area contributed by atoms with E-state index >= 15 is 0 Å². The van der Waals surface area contributed by atoms with Crippen LogP contribution in [0.5, 0.6) is 5.88 Å². The van der Waals surface area contributed by atoms with Gasteiger partial charge in [0.25, 0.3) is 11.8 Å². The van der Waals surface area contributed by atoms with E-state index in [0.29, 0.717) is 29.2 Å². The van der Waals surface area contributed by atoms with Crippen LogP contribution in [0.3, 0.4) is 0 Å². The number of amides is 1. The van der Waals surface area contributed by atoms with E-state index in [2.05, 4.69) is 33.7 Å². The number of hydrogen-bond donors (Lipinski definition) is 0. The number of ether oxygens (including phenoxy) is 1. The van der Waals surface area contributed by atoms with Gasteiger partial charge >= 0.3 is 0 Å². The van der Waals surface area contributed by atoms with E-state index in [-0.39, 0.29) is 18.1 Å². The molecule has 0 spiro atoms. The molecule has 0 bridgehead atoms. The average molecular weight is 419 g/mol. The van der Waals surface area contributed by atoms with Gasteiger partial charge < -0.3 is 14.2 Å². The van der Waals surface area contributed by atoms with Crippen molar-refractivity contribution >= 4 is 12.1 Å². The summed E-state index contributed by atoms with van der Waals surface area (Å²) in [7, 11) is 1.68. The summed E-state index contributed by atoms with van der Waals surface area (Å²) in [6, 6.07) is 7.44. The van der Waals surface area contributed by atoms with Crippen molar-refractivity contribution in [3.05, 3.63) is 66.7 Å². The van der Waals surface area contributed by atoms with Crippen molar-refractivity contribution in [2.75, 3.05) is 13.6 Å². The lowest BCUT2D eigenvalue weighted by Gasteiger charge is -2.38. The molecular formula is C22H25N7O2. The summed E-state index contributed by atoms with van der Waals surface area (Å²) in [4.78, 5) is 25.4. The van der Waals surface area contributed by atoms with Gasteiger partial charge in [-0.25, -0.2) is 4.98 Å². The molecule has 3 aromatic rings. The summed E-state index contributed by atoms with van der Waals surface area (Å²) < 4.78 is 7.94. The molecule has 1 saturated heterocycles. The summed E-state index contributed by atoms with van der Waals surface area (Å²) in [5, 5.41) is 8.36. The first kappa shape index (κ1) is 20.5. The molecule has 1 fully saturated rings. The molecule has 160 valence electrons. The first-order valence-corrected chi connectivity index (χ1v) is 10.2. The van der Waals surface area contributed by atoms with Gasteiger partial charge in [0.15, 0.2) is 5.49 Å². The molecule has 31 heavy (non-hydrogen) atoms. The Labute approximate surface area is 180 Å². The third-order valence-electron chi connectivity index (χ3n) is 5.41. The molecule has 3 heterocycles. The quantitative estimate of drug-likeness (QED) is 0.632. The van der Waals surface area contributed by atoms with Crippen molar-refractivity contribution in [3.63, 3.8) is 0 Å². The fraction of sp³-hybridized carbons (Fsp3) is 0.318. The zero-order chi connectivity index (χ0) is 21.8. The Kier molecular flexibility index (Phi) is 5.92. The van der Waals surface area contributed by atoms with Crippen molar-refractivity contribution in [2.24, 2.45) is 4.99 Å². The Hall–Kier alpha value is -3.75. The number of aromatic nitrogens is 5. The molecule has 0 saturated carbocycles. The van der Waals surface area contributed by atoms with Gasteiger partial charge in [0, 0.05) is 31.7 Å². The minimum absolute atomic E-state index is 0.0729. The van der Waals surface area contributed by atoms with Crippen LogP contribution in [-0.2, 0) is 0 Å². The third kappa shape index (κ3) is 4.11. The third-order valence-corrected chi connectivity index (χ3v) is 5.41. The number of carbonyl (C=O) groups is 1. The molecule has 1 unspecified atom stereocenters. The highest BCUT2D eigenvalue weighted by molar-refractivity contribution is 5.98. The molecule has 0 aliphatic carbocycles. The summed E-state index contributed by atoms with van der Waals surface area (Å²) in [5.74, 6) is 0.356. The minimum atomic E-state index is -0.191. The molecule has 0 radical (unpaired) electrons. The minimum Gasteiger partial charge on any atom is -0.470 e. The number of carbonyl (C=O) groups excluding carboxylic acids is 1. The van der Waals surface area contributed by atoms with Crippen molar-refractivity contribution in [3.8, 4) is 11.6 Å².